The van der Waals surface area contributed by atoms with Crippen LogP contribution in [0.1, 0.15) is 24.8 Å². The molecule has 1 aromatic rings. The highest BCUT2D eigenvalue weighted by atomic mass is 32.1. The van der Waals surface area contributed by atoms with Crippen LogP contribution in [-0.4, -0.2) is 18.8 Å². The van der Waals surface area contributed by atoms with E-state index in [1.54, 1.807) is 11.3 Å². The fourth-order valence-electron chi connectivity index (χ4n) is 1.90. The van der Waals surface area contributed by atoms with E-state index < -0.39 is 0 Å². The maximum Gasteiger partial charge on any atom is 0.0590 e. The predicted octanol–water partition coefficient (Wildman–Crippen LogP) is 2.19. The van der Waals surface area contributed by atoms with Crippen LogP contribution in [0.25, 0.3) is 0 Å². The topological polar surface area (TPSA) is 35.2 Å². The van der Waals surface area contributed by atoms with Crippen LogP contribution in [0.3, 0.4) is 0 Å². The summed E-state index contributed by atoms with van der Waals surface area (Å²) >= 11 is 1.75. The fourth-order valence-corrected chi connectivity index (χ4v) is 2.61. The van der Waals surface area contributed by atoms with E-state index in [4.69, 9.17) is 10.5 Å². The van der Waals surface area contributed by atoms with Gasteiger partial charge in [-0.2, -0.15) is 11.3 Å². The first kappa shape index (κ1) is 10.1. The van der Waals surface area contributed by atoms with Crippen molar-refractivity contribution in [3.8, 4) is 0 Å². The molecular weight excluding hydrogens is 194 g/mol. The lowest BCUT2D eigenvalue weighted by Gasteiger charge is -2.10. The Labute approximate surface area is 89.1 Å². The summed E-state index contributed by atoms with van der Waals surface area (Å²) in [5.41, 5.74) is 7.20. The van der Waals surface area contributed by atoms with Crippen LogP contribution in [0.5, 0.6) is 0 Å². The van der Waals surface area contributed by atoms with Crippen LogP contribution in [0.15, 0.2) is 16.8 Å². The number of hydrogen-bond donors (Lipinski definition) is 1. The van der Waals surface area contributed by atoms with Crippen molar-refractivity contribution in [3.05, 3.63) is 22.4 Å². The van der Waals surface area contributed by atoms with E-state index in [2.05, 4.69) is 16.8 Å². The highest BCUT2D eigenvalue weighted by Gasteiger charge is 2.21. The Kier molecular flexibility index (Phi) is 3.56. The molecule has 0 spiro atoms. The molecule has 0 bridgehead atoms. The van der Waals surface area contributed by atoms with Gasteiger partial charge in [0.15, 0.2) is 0 Å². The first-order chi connectivity index (χ1) is 6.84. The molecule has 14 heavy (non-hydrogen) atoms. The van der Waals surface area contributed by atoms with E-state index in [1.807, 2.05) is 0 Å². The molecule has 2 rings (SSSR count). The number of rotatable bonds is 4. The zero-order chi connectivity index (χ0) is 9.80. The first-order valence-electron chi connectivity index (χ1n) is 5.23. The summed E-state index contributed by atoms with van der Waals surface area (Å²) < 4.78 is 5.77. The molecule has 2 N–H and O–H groups in total. The van der Waals surface area contributed by atoms with Gasteiger partial charge >= 0.3 is 0 Å². The Morgan fingerprint density at radius 1 is 1.50 bits per heavy atom. The summed E-state index contributed by atoms with van der Waals surface area (Å²) in [5.74, 6) is 0. The molecule has 2 unspecified atom stereocenters. The van der Waals surface area contributed by atoms with E-state index in [-0.39, 0.29) is 0 Å². The largest absolute Gasteiger partial charge is 0.378 e. The van der Waals surface area contributed by atoms with Gasteiger partial charge in [0, 0.05) is 6.04 Å². The van der Waals surface area contributed by atoms with E-state index >= 15 is 0 Å². The lowest BCUT2D eigenvalue weighted by molar-refractivity contribution is 0.0598. The molecular formula is C11H17NOS. The van der Waals surface area contributed by atoms with Crippen molar-refractivity contribution in [3.63, 3.8) is 0 Å². The minimum absolute atomic E-state index is 0.376. The van der Waals surface area contributed by atoms with Gasteiger partial charge in [-0.25, -0.2) is 0 Å². The molecule has 0 amide bonds. The third-order valence-corrected chi connectivity index (χ3v) is 3.48. The first-order valence-corrected chi connectivity index (χ1v) is 6.17. The van der Waals surface area contributed by atoms with Crippen molar-refractivity contribution in [2.24, 2.45) is 5.73 Å². The Bertz CT molecular complexity index is 260. The summed E-state index contributed by atoms with van der Waals surface area (Å²) in [6, 6.07) is 2.54. The van der Waals surface area contributed by atoms with Crippen molar-refractivity contribution in [2.75, 3.05) is 6.61 Å². The minimum Gasteiger partial charge on any atom is -0.378 e. The summed E-state index contributed by atoms with van der Waals surface area (Å²) in [6.07, 6.45) is 4.77. The lowest BCUT2D eigenvalue weighted by Crippen LogP contribution is -2.18. The van der Waals surface area contributed by atoms with Gasteiger partial charge in [-0.15, -0.1) is 0 Å². The maximum absolute atomic E-state index is 5.81. The molecule has 1 aliphatic rings. The SMILES string of the molecule is NC1CCC(OCCc2ccsc2)C1. The van der Waals surface area contributed by atoms with Crippen molar-refractivity contribution in [1.29, 1.82) is 0 Å². The zero-order valence-electron chi connectivity index (χ0n) is 8.32. The standard InChI is InChI=1S/C11H17NOS/c12-10-1-2-11(7-10)13-5-3-9-4-6-14-8-9/h4,6,8,10-11H,1-3,5,7,12H2. The van der Waals surface area contributed by atoms with E-state index in [1.165, 1.54) is 5.56 Å². The number of nitrogens with two attached hydrogens (primary N) is 1. The molecule has 0 aliphatic heterocycles. The van der Waals surface area contributed by atoms with Gasteiger partial charge in [0.1, 0.15) is 0 Å². The van der Waals surface area contributed by atoms with Gasteiger partial charge in [0.2, 0.25) is 0 Å². The van der Waals surface area contributed by atoms with Crippen LogP contribution in [-0.2, 0) is 11.2 Å². The monoisotopic (exact) mass is 211 g/mol. The summed E-state index contributed by atoms with van der Waals surface area (Å²) in [6.45, 7) is 0.841. The van der Waals surface area contributed by atoms with E-state index in [0.717, 1.165) is 32.3 Å². The third-order valence-electron chi connectivity index (χ3n) is 2.75. The van der Waals surface area contributed by atoms with Gasteiger partial charge < -0.3 is 10.5 Å². The molecule has 1 fully saturated rings. The normalized spacial score (nSPS) is 26.9. The third kappa shape index (κ3) is 2.80. The Hall–Kier alpha value is -0.380. The van der Waals surface area contributed by atoms with Crippen molar-refractivity contribution < 1.29 is 4.74 Å². The molecule has 0 saturated heterocycles. The lowest BCUT2D eigenvalue weighted by atomic mass is 10.2. The average Bonchev–Trinajstić information content (AvgIpc) is 2.77. The molecule has 78 valence electrons. The highest BCUT2D eigenvalue weighted by Crippen LogP contribution is 2.20. The molecule has 1 heterocycles. The van der Waals surface area contributed by atoms with Crippen LogP contribution in [0, 0.1) is 0 Å². The molecule has 0 radical (unpaired) electrons. The van der Waals surface area contributed by atoms with Crippen molar-refractivity contribution >= 4 is 11.3 Å². The average molecular weight is 211 g/mol. The molecule has 2 nitrogen and oxygen atoms in total. The van der Waals surface area contributed by atoms with Gasteiger partial charge in [0.05, 0.1) is 12.7 Å². The Morgan fingerprint density at radius 3 is 3.07 bits per heavy atom. The fraction of sp³-hybridized carbons (Fsp3) is 0.636. The molecule has 1 aliphatic carbocycles. The second-order valence-corrected chi connectivity index (χ2v) is 4.73. The van der Waals surface area contributed by atoms with Crippen LogP contribution in [0.2, 0.25) is 0 Å². The minimum atomic E-state index is 0.376. The molecule has 1 aromatic heterocycles. The van der Waals surface area contributed by atoms with Gasteiger partial charge in [0.25, 0.3) is 0 Å². The van der Waals surface area contributed by atoms with Gasteiger partial charge in [-0.3, -0.25) is 0 Å². The predicted molar refractivity (Wildman–Crippen MR) is 59.6 cm³/mol. The quantitative estimate of drug-likeness (QED) is 0.828. The Balaban J connectivity index is 1.64. The van der Waals surface area contributed by atoms with E-state index in [9.17, 15) is 0 Å². The van der Waals surface area contributed by atoms with Crippen LogP contribution < -0.4 is 5.73 Å². The summed E-state index contributed by atoms with van der Waals surface area (Å²) in [7, 11) is 0. The molecule has 1 saturated carbocycles. The molecule has 2 atom stereocenters. The smallest absolute Gasteiger partial charge is 0.0590 e. The zero-order valence-corrected chi connectivity index (χ0v) is 9.13. The molecule has 0 aromatic carbocycles. The Morgan fingerprint density at radius 2 is 2.43 bits per heavy atom. The molecule has 3 heteroatoms. The number of hydrogen-bond acceptors (Lipinski definition) is 3. The van der Waals surface area contributed by atoms with Crippen molar-refractivity contribution in [2.45, 2.75) is 37.8 Å². The summed E-state index contributed by atoms with van der Waals surface area (Å²) in [5, 5.41) is 4.30. The second-order valence-electron chi connectivity index (χ2n) is 3.95. The number of thiophene rings is 1. The second kappa shape index (κ2) is 4.91. The van der Waals surface area contributed by atoms with Gasteiger partial charge in [-0.1, -0.05) is 0 Å². The maximum atomic E-state index is 5.81. The van der Waals surface area contributed by atoms with Crippen LogP contribution in [0.4, 0.5) is 0 Å². The highest BCUT2D eigenvalue weighted by molar-refractivity contribution is 7.07. The van der Waals surface area contributed by atoms with Crippen molar-refractivity contribution in [1.82, 2.24) is 0 Å². The number of ether oxygens (including phenoxy) is 1. The van der Waals surface area contributed by atoms with Gasteiger partial charge in [-0.05, 0) is 48.1 Å². The van der Waals surface area contributed by atoms with Crippen LogP contribution >= 0.6 is 11.3 Å². The summed E-state index contributed by atoms with van der Waals surface area (Å²) in [4.78, 5) is 0. The van der Waals surface area contributed by atoms with E-state index in [0.29, 0.717) is 12.1 Å².